The molecule has 0 bridgehead atoms. The zero-order valence-corrected chi connectivity index (χ0v) is 13.3. The van der Waals surface area contributed by atoms with Gasteiger partial charge in [-0.3, -0.25) is 4.79 Å². The van der Waals surface area contributed by atoms with Gasteiger partial charge in [-0.15, -0.1) is 0 Å². The predicted octanol–water partition coefficient (Wildman–Crippen LogP) is 2.44. The van der Waals surface area contributed by atoms with Gasteiger partial charge < -0.3 is 14.6 Å². The van der Waals surface area contributed by atoms with Crippen LogP contribution in [0.25, 0.3) is 11.0 Å². The van der Waals surface area contributed by atoms with E-state index in [0.717, 1.165) is 41.9 Å². The average Bonchev–Trinajstić information content (AvgIpc) is 2.87. The number of carbonyl (C=O) groups is 1. The molecule has 1 atom stereocenters. The third-order valence-corrected chi connectivity index (χ3v) is 4.20. The minimum atomic E-state index is 0.129. The van der Waals surface area contributed by atoms with Crippen LogP contribution in [0.3, 0.4) is 0 Å². The number of carbonyl (C=O) groups excluding carboxylic acids is 1. The number of aromatic nitrogens is 2. The van der Waals surface area contributed by atoms with Crippen LogP contribution in [0.15, 0.2) is 18.2 Å². The van der Waals surface area contributed by atoms with Gasteiger partial charge in [0.1, 0.15) is 5.82 Å². The van der Waals surface area contributed by atoms with Gasteiger partial charge in [-0.1, -0.05) is 6.07 Å². The van der Waals surface area contributed by atoms with Crippen LogP contribution >= 0.6 is 0 Å². The summed E-state index contributed by atoms with van der Waals surface area (Å²) in [6.45, 7) is 3.44. The lowest BCUT2D eigenvalue weighted by molar-refractivity contribution is -0.131. The fraction of sp³-hybridized carbons (Fsp3) is 0.529. The van der Waals surface area contributed by atoms with Crippen LogP contribution in [0.2, 0.25) is 0 Å². The zero-order chi connectivity index (χ0) is 15.5. The smallest absolute Gasteiger partial charge is 0.226 e. The van der Waals surface area contributed by atoms with E-state index in [1.807, 2.05) is 32.2 Å². The van der Waals surface area contributed by atoms with Crippen molar-refractivity contribution in [3.05, 3.63) is 29.6 Å². The number of imidazole rings is 1. The number of ether oxygens (including phenoxy) is 1. The highest BCUT2D eigenvalue weighted by Gasteiger charge is 2.19. The van der Waals surface area contributed by atoms with Gasteiger partial charge >= 0.3 is 0 Å². The van der Waals surface area contributed by atoms with Gasteiger partial charge in [0.2, 0.25) is 5.91 Å². The van der Waals surface area contributed by atoms with Crippen molar-refractivity contribution in [2.45, 2.75) is 38.7 Å². The lowest BCUT2D eigenvalue weighted by Crippen LogP contribution is -2.37. The normalized spacial score (nSPS) is 18.5. The Balaban J connectivity index is 1.61. The Hall–Kier alpha value is -1.88. The molecule has 1 aliphatic heterocycles. The van der Waals surface area contributed by atoms with Crippen LogP contribution in [-0.4, -0.2) is 47.1 Å². The molecule has 0 aliphatic carbocycles. The van der Waals surface area contributed by atoms with E-state index in [1.165, 1.54) is 6.42 Å². The Morgan fingerprint density at radius 3 is 3.09 bits per heavy atom. The standard InChI is InChI=1S/C17H23N3O2/c1-12-18-15-7-6-13(9-16(15)19-12)10-17(21)20(2)11-14-5-3-4-8-22-14/h6-7,9,14H,3-5,8,10-11H2,1-2H3,(H,18,19)/t14-/m1/s1. The lowest BCUT2D eigenvalue weighted by atomic mass is 10.1. The van der Waals surface area contributed by atoms with Crippen molar-refractivity contribution in [1.82, 2.24) is 14.9 Å². The molecule has 1 N–H and O–H groups in total. The largest absolute Gasteiger partial charge is 0.376 e. The summed E-state index contributed by atoms with van der Waals surface area (Å²) in [4.78, 5) is 21.8. The van der Waals surface area contributed by atoms with Gasteiger partial charge in [0.05, 0.1) is 23.6 Å². The molecule has 0 spiro atoms. The van der Waals surface area contributed by atoms with Crippen LogP contribution in [0, 0.1) is 6.92 Å². The number of hydrogen-bond donors (Lipinski definition) is 1. The van der Waals surface area contributed by atoms with Gasteiger partial charge in [0, 0.05) is 20.2 Å². The highest BCUT2D eigenvalue weighted by Crippen LogP contribution is 2.16. The zero-order valence-electron chi connectivity index (χ0n) is 13.3. The first-order chi connectivity index (χ1) is 10.6. The number of benzene rings is 1. The fourth-order valence-electron chi connectivity index (χ4n) is 2.96. The topological polar surface area (TPSA) is 58.2 Å². The van der Waals surface area contributed by atoms with E-state index in [4.69, 9.17) is 4.74 Å². The van der Waals surface area contributed by atoms with Crippen LogP contribution < -0.4 is 0 Å². The van der Waals surface area contributed by atoms with Gasteiger partial charge in [-0.25, -0.2) is 4.98 Å². The number of fused-ring (bicyclic) bond motifs is 1. The molecule has 22 heavy (non-hydrogen) atoms. The Kier molecular flexibility index (Phi) is 4.43. The first-order valence-electron chi connectivity index (χ1n) is 7.92. The van der Waals surface area contributed by atoms with E-state index in [0.29, 0.717) is 13.0 Å². The third kappa shape index (κ3) is 3.47. The molecule has 0 radical (unpaired) electrons. The van der Waals surface area contributed by atoms with E-state index in [9.17, 15) is 4.79 Å². The number of nitrogens with one attached hydrogen (secondary N) is 1. The first kappa shape index (κ1) is 15.0. The van der Waals surface area contributed by atoms with E-state index in [-0.39, 0.29) is 12.0 Å². The molecule has 5 heteroatoms. The number of aromatic amines is 1. The summed E-state index contributed by atoms with van der Waals surface area (Å²) < 4.78 is 5.70. The monoisotopic (exact) mass is 301 g/mol. The molecule has 118 valence electrons. The molecule has 2 aromatic rings. The maximum atomic E-state index is 12.4. The van der Waals surface area contributed by atoms with Crippen LogP contribution in [0.1, 0.15) is 30.7 Å². The molecule has 1 saturated heterocycles. The molecule has 1 aliphatic rings. The van der Waals surface area contributed by atoms with E-state index < -0.39 is 0 Å². The van der Waals surface area contributed by atoms with Gasteiger partial charge in [-0.05, 0) is 43.9 Å². The quantitative estimate of drug-likeness (QED) is 0.943. The van der Waals surface area contributed by atoms with E-state index >= 15 is 0 Å². The molecule has 1 aromatic carbocycles. The highest BCUT2D eigenvalue weighted by molar-refractivity contribution is 5.81. The maximum absolute atomic E-state index is 12.4. The maximum Gasteiger partial charge on any atom is 0.226 e. The van der Waals surface area contributed by atoms with Crippen LogP contribution in [0.4, 0.5) is 0 Å². The number of rotatable bonds is 4. The third-order valence-electron chi connectivity index (χ3n) is 4.20. The number of aryl methyl sites for hydroxylation is 1. The van der Waals surface area contributed by atoms with Crippen molar-refractivity contribution in [2.75, 3.05) is 20.2 Å². The molecular formula is C17H23N3O2. The first-order valence-corrected chi connectivity index (χ1v) is 7.92. The van der Waals surface area contributed by atoms with E-state index in [2.05, 4.69) is 9.97 Å². The molecule has 2 heterocycles. The summed E-state index contributed by atoms with van der Waals surface area (Å²) in [5, 5.41) is 0. The molecule has 1 aromatic heterocycles. The van der Waals surface area contributed by atoms with Crippen molar-refractivity contribution in [2.24, 2.45) is 0 Å². The van der Waals surface area contributed by atoms with E-state index in [1.54, 1.807) is 4.90 Å². The highest BCUT2D eigenvalue weighted by atomic mass is 16.5. The Labute approximate surface area is 130 Å². The molecule has 5 nitrogen and oxygen atoms in total. The van der Waals surface area contributed by atoms with Crippen LogP contribution in [-0.2, 0) is 16.0 Å². The summed E-state index contributed by atoms with van der Waals surface area (Å²) in [5.41, 5.74) is 2.94. The summed E-state index contributed by atoms with van der Waals surface area (Å²) in [5.74, 6) is 1.02. The van der Waals surface area contributed by atoms with Gasteiger partial charge in [0.15, 0.2) is 0 Å². The number of H-pyrrole nitrogens is 1. The minimum absolute atomic E-state index is 0.129. The van der Waals surface area contributed by atoms with Crippen molar-refractivity contribution in [3.63, 3.8) is 0 Å². The lowest BCUT2D eigenvalue weighted by Gasteiger charge is -2.27. The SMILES string of the molecule is Cc1nc2ccc(CC(=O)N(C)C[C@H]3CCCCO3)cc2[nH]1. The second-order valence-corrected chi connectivity index (χ2v) is 6.11. The Morgan fingerprint density at radius 2 is 2.32 bits per heavy atom. The van der Waals surface area contributed by atoms with Gasteiger partial charge in [0.25, 0.3) is 0 Å². The number of amides is 1. The summed E-state index contributed by atoms with van der Waals surface area (Å²) in [6.07, 6.45) is 3.99. The van der Waals surface area contributed by atoms with Crippen LogP contribution in [0.5, 0.6) is 0 Å². The van der Waals surface area contributed by atoms with Crippen molar-refractivity contribution in [3.8, 4) is 0 Å². The van der Waals surface area contributed by atoms with Crippen molar-refractivity contribution < 1.29 is 9.53 Å². The number of nitrogens with zero attached hydrogens (tertiary/aromatic N) is 2. The Morgan fingerprint density at radius 1 is 1.45 bits per heavy atom. The molecule has 1 amide bonds. The average molecular weight is 301 g/mol. The van der Waals surface area contributed by atoms with Crippen molar-refractivity contribution >= 4 is 16.9 Å². The molecule has 0 unspecified atom stereocenters. The Bertz CT molecular complexity index is 659. The second kappa shape index (κ2) is 6.48. The summed E-state index contributed by atoms with van der Waals surface area (Å²) in [7, 11) is 1.86. The second-order valence-electron chi connectivity index (χ2n) is 6.11. The number of hydrogen-bond acceptors (Lipinski definition) is 3. The summed E-state index contributed by atoms with van der Waals surface area (Å²) in [6, 6.07) is 5.95. The van der Waals surface area contributed by atoms with Crippen molar-refractivity contribution in [1.29, 1.82) is 0 Å². The van der Waals surface area contributed by atoms with Gasteiger partial charge in [-0.2, -0.15) is 0 Å². The molecular weight excluding hydrogens is 278 g/mol. The fourth-order valence-corrected chi connectivity index (χ4v) is 2.96. The molecule has 3 rings (SSSR count). The minimum Gasteiger partial charge on any atom is -0.376 e. The predicted molar refractivity (Wildman–Crippen MR) is 85.8 cm³/mol. The molecule has 1 fully saturated rings. The number of likely N-dealkylation sites (N-methyl/N-ethyl adjacent to an activating group) is 1. The summed E-state index contributed by atoms with van der Waals surface area (Å²) >= 11 is 0. The molecule has 0 saturated carbocycles.